The molecule has 1 amide bonds. The number of aryl methyl sites for hydroxylation is 1. The molecule has 0 saturated heterocycles. The number of hydrogen-bond donors (Lipinski definition) is 1. The van der Waals surface area contributed by atoms with Crippen LogP contribution in [0.2, 0.25) is 0 Å². The van der Waals surface area contributed by atoms with Crippen molar-refractivity contribution in [3.05, 3.63) is 39.4 Å². The van der Waals surface area contributed by atoms with E-state index >= 15 is 0 Å². The highest BCUT2D eigenvalue weighted by molar-refractivity contribution is 5.98. The monoisotopic (exact) mass is 301 g/mol. The smallest absolute Gasteiger partial charge is 0.285 e. The van der Waals surface area contributed by atoms with Gasteiger partial charge in [-0.3, -0.25) is 14.9 Å². The van der Waals surface area contributed by atoms with Crippen LogP contribution in [0.5, 0.6) is 0 Å². The third-order valence-electron chi connectivity index (χ3n) is 2.77. The number of carbonyl (C=O) groups is 1. The summed E-state index contributed by atoms with van der Waals surface area (Å²) in [7, 11) is 3.79. The number of nitro groups is 1. The van der Waals surface area contributed by atoms with Gasteiger partial charge in [-0.15, -0.1) is 12.4 Å². The third-order valence-corrected chi connectivity index (χ3v) is 2.77. The Morgan fingerprint density at radius 1 is 1.40 bits per heavy atom. The van der Waals surface area contributed by atoms with E-state index in [2.05, 4.69) is 5.32 Å². The van der Waals surface area contributed by atoms with E-state index in [9.17, 15) is 14.9 Å². The van der Waals surface area contributed by atoms with Crippen molar-refractivity contribution in [1.82, 2.24) is 10.2 Å². The number of nitrogens with zero attached hydrogens (tertiary/aromatic N) is 2. The Labute approximate surface area is 124 Å². The number of likely N-dealkylation sites (N-methyl/N-ethyl adjacent to an activating group) is 1. The molecule has 1 aromatic carbocycles. The molecule has 0 bridgehead atoms. The normalized spacial score (nSPS) is 10.0. The standard InChI is InChI=1S/C13H19N3O3.ClH/c1-4-10-6-5-7-11(12(10)16(18)19)13(17)14-8-9-15(2)3;/h5-7H,4,8-9H2,1-3H3,(H,14,17);1H. The van der Waals surface area contributed by atoms with Crippen LogP contribution in [0.4, 0.5) is 5.69 Å². The average Bonchev–Trinajstić information content (AvgIpc) is 2.36. The molecule has 0 aliphatic carbocycles. The van der Waals surface area contributed by atoms with Crippen molar-refractivity contribution in [2.24, 2.45) is 0 Å². The summed E-state index contributed by atoms with van der Waals surface area (Å²) in [4.78, 5) is 24.5. The van der Waals surface area contributed by atoms with Crippen molar-refractivity contribution < 1.29 is 9.72 Å². The van der Waals surface area contributed by atoms with Crippen LogP contribution in [-0.2, 0) is 6.42 Å². The molecule has 0 spiro atoms. The molecule has 7 heteroatoms. The lowest BCUT2D eigenvalue weighted by atomic mass is 10.0. The molecule has 1 rings (SSSR count). The molecule has 0 unspecified atom stereocenters. The van der Waals surface area contributed by atoms with Gasteiger partial charge in [0.25, 0.3) is 11.6 Å². The first kappa shape index (κ1) is 18.3. The maximum Gasteiger partial charge on any atom is 0.285 e. The van der Waals surface area contributed by atoms with Crippen LogP contribution in [0.1, 0.15) is 22.8 Å². The Morgan fingerprint density at radius 2 is 2.05 bits per heavy atom. The maximum atomic E-state index is 12.0. The first-order chi connectivity index (χ1) is 8.97. The van der Waals surface area contributed by atoms with Crippen molar-refractivity contribution in [3.63, 3.8) is 0 Å². The molecule has 0 atom stereocenters. The predicted octanol–water partition coefficient (Wildman–Crippen LogP) is 1.87. The Kier molecular flexibility index (Phi) is 7.79. The minimum atomic E-state index is -0.486. The molecule has 0 radical (unpaired) electrons. The Bertz CT molecular complexity index is 478. The van der Waals surface area contributed by atoms with Gasteiger partial charge in [0.2, 0.25) is 0 Å². The number of halogens is 1. The number of para-hydroxylation sites is 1. The number of hydrogen-bond acceptors (Lipinski definition) is 4. The van der Waals surface area contributed by atoms with Gasteiger partial charge >= 0.3 is 0 Å². The Hall–Kier alpha value is -1.66. The highest BCUT2D eigenvalue weighted by Crippen LogP contribution is 2.24. The van der Waals surface area contributed by atoms with Crippen LogP contribution in [0.3, 0.4) is 0 Å². The first-order valence-electron chi connectivity index (χ1n) is 6.16. The largest absolute Gasteiger partial charge is 0.351 e. The molecule has 0 saturated carbocycles. The van der Waals surface area contributed by atoms with Crippen molar-refractivity contribution in [2.45, 2.75) is 13.3 Å². The zero-order chi connectivity index (χ0) is 14.4. The number of rotatable bonds is 6. The lowest BCUT2D eigenvalue weighted by molar-refractivity contribution is -0.385. The molecule has 1 aromatic rings. The van der Waals surface area contributed by atoms with Gasteiger partial charge < -0.3 is 10.2 Å². The number of benzene rings is 1. The van der Waals surface area contributed by atoms with Gasteiger partial charge in [-0.05, 0) is 26.6 Å². The van der Waals surface area contributed by atoms with E-state index < -0.39 is 10.8 Å². The zero-order valence-corrected chi connectivity index (χ0v) is 12.7. The summed E-state index contributed by atoms with van der Waals surface area (Å²) < 4.78 is 0. The van der Waals surface area contributed by atoms with Gasteiger partial charge in [-0.2, -0.15) is 0 Å². The van der Waals surface area contributed by atoms with E-state index in [-0.39, 0.29) is 23.7 Å². The molecule has 0 fully saturated rings. The van der Waals surface area contributed by atoms with Gasteiger partial charge in [-0.1, -0.05) is 19.1 Å². The van der Waals surface area contributed by atoms with Crippen LogP contribution in [-0.4, -0.2) is 42.9 Å². The summed E-state index contributed by atoms with van der Waals surface area (Å²) in [5.41, 5.74) is 0.612. The quantitative estimate of drug-likeness (QED) is 0.643. The summed E-state index contributed by atoms with van der Waals surface area (Å²) in [5, 5.41) is 13.8. The molecule has 112 valence electrons. The molecular weight excluding hydrogens is 282 g/mol. The molecule has 6 nitrogen and oxygen atoms in total. The summed E-state index contributed by atoms with van der Waals surface area (Å²) >= 11 is 0. The van der Waals surface area contributed by atoms with E-state index in [1.165, 1.54) is 6.07 Å². The molecule has 0 aromatic heterocycles. The van der Waals surface area contributed by atoms with Crippen molar-refractivity contribution in [1.29, 1.82) is 0 Å². The number of carbonyl (C=O) groups excluding carboxylic acids is 1. The lowest BCUT2D eigenvalue weighted by Crippen LogP contribution is -2.31. The second-order valence-electron chi connectivity index (χ2n) is 4.48. The molecule has 0 aliphatic rings. The van der Waals surface area contributed by atoms with Crippen molar-refractivity contribution >= 4 is 24.0 Å². The zero-order valence-electron chi connectivity index (χ0n) is 11.9. The second kappa shape index (κ2) is 8.50. The molecular formula is C13H20ClN3O3. The average molecular weight is 302 g/mol. The van der Waals surface area contributed by atoms with Crippen molar-refractivity contribution in [2.75, 3.05) is 27.2 Å². The van der Waals surface area contributed by atoms with E-state index in [1.54, 1.807) is 12.1 Å². The van der Waals surface area contributed by atoms with Crippen LogP contribution in [0.15, 0.2) is 18.2 Å². The van der Waals surface area contributed by atoms with E-state index in [0.29, 0.717) is 25.1 Å². The topological polar surface area (TPSA) is 75.5 Å². The second-order valence-corrected chi connectivity index (χ2v) is 4.48. The molecule has 20 heavy (non-hydrogen) atoms. The summed E-state index contributed by atoms with van der Waals surface area (Å²) in [6.07, 6.45) is 0.523. The van der Waals surface area contributed by atoms with Crippen LogP contribution in [0.25, 0.3) is 0 Å². The molecule has 1 N–H and O–H groups in total. The summed E-state index contributed by atoms with van der Waals surface area (Å²) in [5.74, 6) is -0.399. The number of nitrogens with one attached hydrogen (secondary N) is 1. The fraction of sp³-hybridized carbons (Fsp3) is 0.462. The Morgan fingerprint density at radius 3 is 2.55 bits per heavy atom. The first-order valence-corrected chi connectivity index (χ1v) is 6.16. The van der Waals surface area contributed by atoms with Crippen LogP contribution in [0, 0.1) is 10.1 Å². The SMILES string of the molecule is CCc1cccc(C(=O)NCCN(C)C)c1[N+](=O)[O-].Cl. The highest BCUT2D eigenvalue weighted by atomic mass is 35.5. The molecule has 0 heterocycles. The van der Waals surface area contributed by atoms with E-state index in [4.69, 9.17) is 0 Å². The van der Waals surface area contributed by atoms with Gasteiger partial charge in [-0.25, -0.2) is 0 Å². The van der Waals surface area contributed by atoms with Gasteiger partial charge in [0, 0.05) is 18.7 Å². The number of amides is 1. The van der Waals surface area contributed by atoms with E-state index in [1.807, 2.05) is 25.9 Å². The fourth-order valence-corrected chi connectivity index (χ4v) is 1.76. The Balaban J connectivity index is 0.00000361. The minimum Gasteiger partial charge on any atom is -0.351 e. The highest BCUT2D eigenvalue weighted by Gasteiger charge is 2.23. The predicted molar refractivity (Wildman–Crippen MR) is 80.6 cm³/mol. The maximum absolute atomic E-state index is 12.0. The fourth-order valence-electron chi connectivity index (χ4n) is 1.76. The summed E-state index contributed by atoms with van der Waals surface area (Å²) in [6, 6.07) is 4.84. The van der Waals surface area contributed by atoms with Crippen LogP contribution < -0.4 is 5.32 Å². The minimum absolute atomic E-state index is 0. The number of nitro benzene ring substituents is 1. The molecule has 0 aliphatic heterocycles. The van der Waals surface area contributed by atoms with Gasteiger partial charge in [0.05, 0.1) is 4.92 Å². The summed E-state index contributed by atoms with van der Waals surface area (Å²) in [6.45, 7) is 2.97. The van der Waals surface area contributed by atoms with Gasteiger partial charge in [0.15, 0.2) is 0 Å². The third kappa shape index (κ3) is 4.79. The van der Waals surface area contributed by atoms with E-state index in [0.717, 1.165) is 0 Å². The lowest BCUT2D eigenvalue weighted by Gasteiger charge is -2.11. The van der Waals surface area contributed by atoms with Crippen LogP contribution >= 0.6 is 12.4 Å². The van der Waals surface area contributed by atoms with Gasteiger partial charge in [0.1, 0.15) is 5.56 Å². The van der Waals surface area contributed by atoms with Crippen molar-refractivity contribution in [3.8, 4) is 0 Å².